The van der Waals surface area contributed by atoms with Gasteiger partial charge in [-0.1, -0.05) is 43.2 Å². The Morgan fingerprint density at radius 1 is 0.933 bits per heavy atom. The number of rotatable bonds is 3. The van der Waals surface area contributed by atoms with Crippen molar-refractivity contribution in [2.75, 3.05) is 24.7 Å². The van der Waals surface area contributed by atoms with Crippen LogP contribution in [-0.4, -0.2) is 42.1 Å². The number of piperidine rings is 1. The number of hydrogen-bond donors (Lipinski definition) is 1. The second-order valence-corrected chi connectivity index (χ2v) is 9.00. The van der Waals surface area contributed by atoms with Gasteiger partial charge < -0.3 is 10.2 Å². The van der Waals surface area contributed by atoms with Crippen LogP contribution in [-0.2, 0) is 4.79 Å². The minimum Gasteiger partial charge on any atom is -0.339 e. The summed E-state index contributed by atoms with van der Waals surface area (Å²) in [5.41, 5.74) is 1.94. The molecule has 1 saturated carbocycles. The second-order valence-electron chi connectivity index (χ2n) is 9.00. The molecule has 0 bridgehead atoms. The summed E-state index contributed by atoms with van der Waals surface area (Å²) in [5.74, 6) is 0.458. The summed E-state index contributed by atoms with van der Waals surface area (Å²) in [4.78, 5) is 17.8. The molecule has 1 amide bonds. The van der Waals surface area contributed by atoms with E-state index in [9.17, 15) is 9.18 Å². The van der Waals surface area contributed by atoms with Crippen LogP contribution in [0.5, 0.6) is 0 Å². The van der Waals surface area contributed by atoms with Crippen LogP contribution in [0.3, 0.4) is 0 Å². The molecular weight excluding hydrogens is 377 g/mol. The number of carbonyl (C=O) groups excluding carboxylic acids is 1. The van der Waals surface area contributed by atoms with Gasteiger partial charge in [0, 0.05) is 24.8 Å². The van der Waals surface area contributed by atoms with Crippen LogP contribution < -0.4 is 10.2 Å². The molecule has 2 heterocycles. The van der Waals surface area contributed by atoms with E-state index < -0.39 is 5.54 Å². The van der Waals surface area contributed by atoms with Gasteiger partial charge in [-0.2, -0.15) is 0 Å². The van der Waals surface area contributed by atoms with Crippen molar-refractivity contribution in [3.05, 3.63) is 66.0 Å². The summed E-state index contributed by atoms with van der Waals surface area (Å²) >= 11 is 0. The number of anilines is 1. The molecule has 0 aromatic heterocycles. The van der Waals surface area contributed by atoms with Crippen molar-refractivity contribution in [2.24, 2.45) is 0 Å². The van der Waals surface area contributed by atoms with E-state index in [1.54, 1.807) is 12.1 Å². The van der Waals surface area contributed by atoms with Crippen LogP contribution in [0.25, 0.3) is 0 Å². The van der Waals surface area contributed by atoms with Crippen molar-refractivity contribution < 1.29 is 9.18 Å². The first-order valence-corrected chi connectivity index (χ1v) is 11.3. The molecule has 3 fully saturated rings. The number of halogens is 1. The first-order chi connectivity index (χ1) is 14.7. The molecule has 158 valence electrons. The molecule has 5 heteroatoms. The van der Waals surface area contributed by atoms with Crippen LogP contribution in [0, 0.1) is 5.82 Å². The van der Waals surface area contributed by atoms with E-state index in [1.165, 1.54) is 24.8 Å². The number of likely N-dealkylation sites (tertiary alicyclic amines) is 1. The average Bonchev–Trinajstić information content (AvgIpc) is 3.11. The van der Waals surface area contributed by atoms with Crippen molar-refractivity contribution in [3.63, 3.8) is 0 Å². The normalized spacial score (nSPS) is 26.7. The van der Waals surface area contributed by atoms with Crippen LogP contribution in [0.15, 0.2) is 54.6 Å². The largest absolute Gasteiger partial charge is 0.339 e. The molecule has 2 aromatic rings. The highest BCUT2D eigenvalue weighted by Gasteiger charge is 2.51. The zero-order chi connectivity index (χ0) is 20.6. The van der Waals surface area contributed by atoms with Gasteiger partial charge in [-0.3, -0.25) is 9.69 Å². The first kappa shape index (κ1) is 19.6. The third-order valence-electron chi connectivity index (χ3n) is 7.53. The van der Waals surface area contributed by atoms with Crippen LogP contribution in [0.2, 0.25) is 0 Å². The zero-order valence-corrected chi connectivity index (χ0v) is 17.4. The molecule has 30 heavy (non-hydrogen) atoms. The second kappa shape index (κ2) is 8.03. The number of benzene rings is 2. The highest BCUT2D eigenvalue weighted by atomic mass is 19.1. The SMILES string of the molecule is O=C1NCN(c2ccccc2)C12CCN([C@H]1CCCC[C@H]1c1ccc(F)cc1)CC2. The van der Waals surface area contributed by atoms with Gasteiger partial charge in [0.1, 0.15) is 11.4 Å². The van der Waals surface area contributed by atoms with Crippen molar-refractivity contribution in [3.8, 4) is 0 Å². The maximum atomic E-state index is 13.4. The summed E-state index contributed by atoms with van der Waals surface area (Å²) < 4.78 is 13.4. The minimum absolute atomic E-state index is 0.167. The Bertz CT molecular complexity index is 877. The lowest BCUT2D eigenvalue weighted by atomic mass is 9.77. The predicted molar refractivity (Wildman–Crippen MR) is 117 cm³/mol. The molecule has 2 aliphatic heterocycles. The molecule has 2 saturated heterocycles. The van der Waals surface area contributed by atoms with Crippen molar-refractivity contribution in [1.29, 1.82) is 0 Å². The van der Waals surface area contributed by atoms with Gasteiger partial charge in [0.2, 0.25) is 5.91 Å². The Kier molecular flexibility index (Phi) is 5.23. The van der Waals surface area contributed by atoms with E-state index in [0.717, 1.165) is 38.0 Å². The number of hydrogen-bond acceptors (Lipinski definition) is 3. The summed E-state index contributed by atoms with van der Waals surface area (Å²) in [6, 6.07) is 17.9. The van der Waals surface area contributed by atoms with E-state index >= 15 is 0 Å². The molecule has 0 unspecified atom stereocenters. The van der Waals surface area contributed by atoms with Gasteiger partial charge >= 0.3 is 0 Å². The molecule has 1 spiro atoms. The quantitative estimate of drug-likeness (QED) is 0.825. The number of amides is 1. The van der Waals surface area contributed by atoms with Crippen molar-refractivity contribution in [2.45, 2.75) is 56.0 Å². The van der Waals surface area contributed by atoms with Crippen molar-refractivity contribution in [1.82, 2.24) is 10.2 Å². The van der Waals surface area contributed by atoms with Crippen LogP contribution in [0.1, 0.15) is 50.0 Å². The topological polar surface area (TPSA) is 35.6 Å². The standard InChI is InChI=1S/C25H30FN3O/c26-20-12-10-19(11-13-20)22-8-4-5-9-23(22)28-16-14-25(15-17-28)24(30)27-18-29(25)21-6-2-1-3-7-21/h1-3,6-7,10-13,22-23H,4-5,8-9,14-18H2,(H,27,30)/t22-,23-/m0/s1. The Morgan fingerprint density at radius 2 is 1.63 bits per heavy atom. The van der Waals surface area contributed by atoms with E-state index in [4.69, 9.17) is 0 Å². The summed E-state index contributed by atoms with van der Waals surface area (Å²) in [5, 5.41) is 3.10. The number of nitrogens with one attached hydrogen (secondary N) is 1. The minimum atomic E-state index is -0.433. The number of carbonyl (C=O) groups is 1. The van der Waals surface area contributed by atoms with E-state index in [0.29, 0.717) is 18.6 Å². The Morgan fingerprint density at radius 3 is 2.37 bits per heavy atom. The summed E-state index contributed by atoms with van der Waals surface area (Å²) in [6.07, 6.45) is 6.53. The van der Waals surface area contributed by atoms with Gasteiger partial charge in [0.05, 0.1) is 6.67 Å². The van der Waals surface area contributed by atoms with Gasteiger partial charge in [-0.25, -0.2) is 4.39 Å². The monoisotopic (exact) mass is 407 g/mol. The Labute approximate surface area is 178 Å². The van der Waals surface area contributed by atoms with Gasteiger partial charge in [-0.05, 0) is 61.4 Å². The summed E-state index contributed by atoms with van der Waals surface area (Å²) in [7, 11) is 0. The lowest BCUT2D eigenvalue weighted by Gasteiger charge is -2.48. The molecule has 3 aliphatic rings. The molecule has 2 aromatic carbocycles. The fraction of sp³-hybridized carbons (Fsp3) is 0.480. The molecule has 4 nitrogen and oxygen atoms in total. The third-order valence-corrected chi connectivity index (χ3v) is 7.53. The predicted octanol–water partition coefficient (Wildman–Crippen LogP) is 4.28. The molecule has 2 atom stereocenters. The maximum absolute atomic E-state index is 13.4. The number of nitrogens with zero attached hydrogens (tertiary/aromatic N) is 2. The lowest BCUT2D eigenvalue weighted by molar-refractivity contribution is -0.125. The molecule has 0 radical (unpaired) electrons. The first-order valence-electron chi connectivity index (χ1n) is 11.3. The smallest absolute Gasteiger partial charge is 0.247 e. The molecule has 1 N–H and O–H groups in total. The molecule has 5 rings (SSSR count). The molecule has 1 aliphatic carbocycles. The highest BCUT2D eigenvalue weighted by Crippen LogP contribution is 2.41. The van der Waals surface area contributed by atoms with E-state index in [2.05, 4.69) is 27.2 Å². The summed E-state index contributed by atoms with van der Waals surface area (Å²) in [6.45, 7) is 2.45. The average molecular weight is 408 g/mol. The third kappa shape index (κ3) is 3.39. The molecular formula is C25H30FN3O. The van der Waals surface area contributed by atoms with Gasteiger partial charge in [-0.15, -0.1) is 0 Å². The number of para-hydroxylation sites is 1. The maximum Gasteiger partial charge on any atom is 0.247 e. The fourth-order valence-corrected chi connectivity index (χ4v) is 5.91. The lowest BCUT2D eigenvalue weighted by Crippen LogP contribution is -2.58. The Hall–Kier alpha value is -2.40. The van der Waals surface area contributed by atoms with Gasteiger partial charge in [0.25, 0.3) is 0 Å². The van der Waals surface area contributed by atoms with Crippen LogP contribution >= 0.6 is 0 Å². The fourth-order valence-electron chi connectivity index (χ4n) is 5.91. The zero-order valence-electron chi connectivity index (χ0n) is 17.4. The van der Waals surface area contributed by atoms with Crippen molar-refractivity contribution >= 4 is 11.6 Å². The van der Waals surface area contributed by atoms with E-state index in [-0.39, 0.29) is 11.7 Å². The highest BCUT2D eigenvalue weighted by molar-refractivity contribution is 5.93. The van der Waals surface area contributed by atoms with E-state index in [1.807, 2.05) is 30.3 Å². The van der Waals surface area contributed by atoms with Crippen LogP contribution in [0.4, 0.5) is 10.1 Å². The Balaban J connectivity index is 1.34. The van der Waals surface area contributed by atoms with Gasteiger partial charge in [0.15, 0.2) is 0 Å².